The fourth-order valence-corrected chi connectivity index (χ4v) is 1.67. The molecule has 1 aromatic carbocycles. The maximum absolute atomic E-state index is 9.78. The number of halogens is 2. The van der Waals surface area contributed by atoms with Crippen molar-refractivity contribution in [3.05, 3.63) is 28.8 Å². The van der Waals surface area contributed by atoms with Crippen LogP contribution in [0.5, 0.6) is 0 Å². The van der Waals surface area contributed by atoms with Gasteiger partial charge in [-0.1, -0.05) is 11.6 Å². The summed E-state index contributed by atoms with van der Waals surface area (Å²) >= 11 is 7.93. The maximum Gasteiger partial charge on any atom is 0.133 e. The van der Waals surface area contributed by atoms with Crippen LogP contribution in [0.3, 0.4) is 0 Å². The number of nitrogens with one attached hydrogen (secondary N) is 1. The van der Waals surface area contributed by atoms with Gasteiger partial charge in [0.15, 0.2) is 0 Å². The minimum Gasteiger partial charge on any atom is -0.374 e. The molecule has 78 valence electrons. The molecule has 0 heterocycles. The van der Waals surface area contributed by atoms with Gasteiger partial charge in [-0.25, -0.2) is 0 Å². The van der Waals surface area contributed by atoms with E-state index in [0.29, 0.717) is 5.02 Å². The van der Waals surface area contributed by atoms with E-state index in [2.05, 4.69) is 3.53 Å². The van der Waals surface area contributed by atoms with Crippen LogP contribution in [0.1, 0.15) is 11.8 Å². The Bertz CT molecular complexity index is 320. The maximum atomic E-state index is 9.78. The standard InChI is InChI=1S/C9H12ClIN2O/c1-13(2)9(14)6-3-7(10)5-8(4-6)12-11/h3-5,9,12,14H,1-2H3. The van der Waals surface area contributed by atoms with Gasteiger partial charge in [-0.15, -0.1) is 0 Å². The first-order valence-corrected chi connectivity index (χ1v) is 5.52. The molecule has 1 unspecified atom stereocenters. The Hall–Kier alpha value is -0.0400. The van der Waals surface area contributed by atoms with E-state index in [0.717, 1.165) is 11.3 Å². The third kappa shape index (κ3) is 2.98. The molecule has 0 fully saturated rings. The average Bonchev–Trinajstić information content (AvgIpc) is 2.15. The van der Waals surface area contributed by atoms with E-state index >= 15 is 0 Å². The van der Waals surface area contributed by atoms with Crippen LogP contribution < -0.4 is 3.53 Å². The highest BCUT2D eigenvalue weighted by Crippen LogP contribution is 2.25. The average molecular weight is 327 g/mol. The van der Waals surface area contributed by atoms with Crippen molar-refractivity contribution in [3.8, 4) is 0 Å². The Kier molecular flexibility index (Phi) is 4.43. The van der Waals surface area contributed by atoms with E-state index in [4.69, 9.17) is 11.6 Å². The van der Waals surface area contributed by atoms with Crippen LogP contribution in [0.15, 0.2) is 18.2 Å². The molecule has 5 heteroatoms. The number of nitrogens with zero attached hydrogens (tertiary/aromatic N) is 1. The normalized spacial score (nSPS) is 13.0. The zero-order valence-corrected chi connectivity index (χ0v) is 10.9. The van der Waals surface area contributed by atoms with Crippen LogP contribution in [-0.2, 0) is 0 Å². The van der Waals surface area contributed by atoms with Gasteiger partial charge in [0, 0.05) is 10.7 Å². The van der Waals surface area contributed by atoms with Gasteiger partial charge < -0.3 is 8.64 Å². The molecule has 0 radical (unpaired) electrons. The van der Waals surface area contributed by atoms with Gasteiger partial charge in [-0.2, -0.15) is 0 Å². The van der Waals surface area contributed by atoms with Crippen LogP contribution in [0.4, 0.5) is 5.69 Å². The van der Waals surface area contributed by atoms with Gasteiger partial charge in [0.25, 0.3) is 0 Å². The lowest BCUT2D eigenvalue weighted by Gasteiger charge is -2.19. The lowest BCUT2D eigenvalue weighted by atomic mass is 10.1. The van der Waals surface area contributed by atoms with Crippen LogP contribution in [-0.4, -0.2) is 24.1 Å². The van der Waals surface area contributed by atoms with E-state index < -0.39 is 6.23 Å². The number of aliphatic hydroxyl groups excluding tert-OH is 1. The first-order chi connectivity index (χ1) is 6.54. The second-order valence-electron chi connectivity index (χ2n) is 3.21. The summed E-state index contributed by atoms with van der Waals surface area (Å²) < 4.78 is 2.96. The smallest absolute Gasteiger partial charge is 0.133 e. The molecule has 0 saturated heterocycles. The molecule has 1 aromatic rings. The third-order valence-corrected chi connectivity index (χ3v) is 2.66. The number of hydrogen-bond acceptors (Lipinski definition) is 3. The van der Waals surface area contributed by atoms with Gasteiger partial charge in [0.2, 0.25) is 0 Å². The second-order valence-corrected chi connectivity index (χ2v) is 4.18. The van der Waals surface area contributed by atoms with Crippen LogP contribution in [0.25, 0.3) is 0 Å². The molecule has 2 N–H and O–H groups in total. The Morgan fingerprint density at radius 1 is 1.43 bits per heavy atom. The van der Waals surface area contributed by atoms with E-state index in [1.165, 1.54) is 0 Å². The summed E-state index contributed by atoms with van der Waals surface area (Å²) in [6.07, 6.45) is -0.628. The molecule has 0 aromatic heterocycles. The number of aliphatic hydroxyl groups is 1. The van der Waals surface area contributed by atoms with E-state index in [9.17, 15) is 5.11 Å². The van der Waals surface area contributed by atoms with Crippen molar-refractivity contribution in [2.24, 2.45) is 0 Å². The lowest BCUT2D eigenvalue weighted by molar-refractivity contribution is 0.0396. The molecular weight excluding hydrogens is 314 g/mol. The second kappa shape index (κ2) is 5.16. The number of rotatable bonds is 3. The zero-order chi connectivity index (χ0) is 10.7. The Morgan fingerprint density at radius 3 is 2.57 bits per heavy atom. The number of hydrogen-bond donors (Lipinski definition) is 2. The molecular formula is C9H12ClIN2O. The Morgan fingerprint density at radius 2 is 2.07 bits per heavy atom. The van der Waals surface area contributed by atoms with Gasteiger partial charge in [0.05, 0.1) is 22.9 Å². The number of anilines is 1. The first kappa shape index (κ1) is 12.0. The fourth-order valence-electron chi connectivity index (χ4n) is 1.11. The first-order valence-electron chi connectivity index (χ1n) is 4.06. The highest BCUT2D eigenvalue weighted by molar-refractivity contribution is 14.1. The van der Waals surface area contributed by atoms with E-state index in [-0.39, 0.29) is 0 Å². The summed E-state index contributed by atoms with van der Waals surface area (Å²) in [5.74, 6) is 0. The summed E-state index contributed by atoms with van der Waals surface area (Å²) in [5.41, 5.74) is 1.66. The summed E-state index contributed by atoms with van der Waals surface area (Å²) in [7, 11) is 3.62. The van der Waals surface area contributed by atoms with Crippen molar-refractivity contribution in [2.45, 2.75) is 6.23 Å². The monoisotopic (exact) mass is 326 g/mol. The van der Waals surface area contributed by atoms with Crippen LogP contribution in [0.2, 0.25) is 5.02 Å². The van der Waals surface area contributed by atoms with Gasteiger partial charge in [-0.3, -0.25) is 4.90 Å². The molecule has 0 aliphatic heterocycles. The van der Waals surface area contributed by atoms with Crippen LogP contribution >= 0.6 is 34.5 Å². The predicted molar refractivity (Wildman–Crippen MR) is 67.7 cm³/mol. The van der Waals surface area contributed by atoms with Crippen molar-refractivity contribution in [2.75, 3.05) is 17.6 Å². The van der Waals surface area contributed by atoms with Crippen molar-refractivity contribution in [1.29, 1.82) is 0 Å². The molecule has 0 bridgehead atoms. The molecule has 0 amide bonds. The number of benzene rings is 1. The summed E-state index contributed by atoms with van der Waals surface area (Å²) in [6, 6.07) is 5.42. The highest BCUT2D eigenvalue weighted by atomic mass is 127. The van der Waals surface area contributed by atoms with Gasteiger partial charge in [-0.05, 0) is 37.9 Å². The zero-order valence-electron chi connectivity index (χ0n) is 7.96. The lowest BCUT2D eigenvalue weighted by Crippen LogP contribution is -2.19. The largest absolute Gasteiger partial charge is 0.374 e. The minimum absolute atomic E-state index is 0.613. The SMILES string of the molecule is CN(C)C(O)c1cc(Cl)cc(NI)c1. The molecule has 0 saturated carbocycles. The topological polar surface area (TPSA) is 35.5 Å². The van der Waals surface area contributed by atoms with Crippen molar-refractivity contribution in [3.63, 3.8) is 0 Å². The summed E-state index contributed by atoms with van der Waals surface area (Å²) in [5, 5.41) is 10.4. The molecule has 0 aliphatic carbocycles. The molecule has 1 rings (SSSR count). The molecule has 0 spiro atoms. The molecule has 14 heavy (non-hydrogen) atoms. The predicted octanol–water partition coefficient (Wildman–Crippen LogP) is 2.65. The van der Waals surface area contributed by atoms with Gasteiger partial charge >= 0.3 is 0 Å². The van der Waals surface area contributed by atoms with E-state index in [1.54, 1.807) is 17.0 Å². The quantitative estimate of drug-likeness (QED) is 0.509. The Labute approximate surface area is 103 Å². The van der Waals surface area contributed by atoms with Crippen LogP contribution in [0, 0.1) is 0 Å². The highest BCUT2D eigenvalue weighted by Gasteiger charge is 2.11. The minimum atomic E-state index is -0.628. The Balaban J connectivity index is 3.02. The molecule has 3 nitrogen and oxygen atoms in total. The molecule has 0 aliphatic rings. The van der Waals surface area contributed by atoms with E-state index in [1.807, 2.05) is 43.0 Å². The van der Waals surface area contributed by atoms with Crippen molar-refractivity contribution >= 4 is 40.2 Å². The molecule has 1 atom stereocenters. The fraction of sp³-hybridized carbons (Fsp3) is 0.333. The third-order valence-electron chi connectivity index (χ3n) is 1.82. The van der Waals surface area contributed by atoms with Crippen molar-refractivity contribution in [1.82, 2.24) is 4.90 Å². The van der Waals surface area contributed by atoms with Gasteiger partial charge in [0.1, 0.15) is 6.23 Å². The summed E-state index contributed by atoms with van der Waals surface area (Å²) in [4.78, 5) is 1.71. The van der Waals surface area contributed by atoms with Crippen molar-refractivity contribution < 1.29 is 5.11 Å². The summed E-state index contributed by atoms with van der Waals surface area (Å²) in [6.45, 7) is 0.